The maximum Gasteiger partial charge on any atom is 0.231 e. The largest absolute Gasteiger partial charge is 0.489 e. The van der Waals surface area contributed by atoms with Gasteiger partial charge in [0.1, 0.15) is 11.9 Å². The number of ether oxygens (including phenoxy) is 1. The molecule has 2 aliphatic heterocycles. The number of carbonyl (C=O) groups is 2. The Morgan fingerprint density at radius 3 is 2.53 bits per heavy atom. The first-order valence-electron chi connectivity index (χ1n) is 10.4. The third-order valence-corrected chi connectivity index (χ3v) is 5.56. The molecule has 2 aliphatic rings. The van der Waals surface area contributed by atoms with E-state index in [1.807, 2.05) is 49.1 Å². The number of aromatic nitrogens is 2. The molecule has 4 rings (SSSR count). The number of anilines is 2. The van der Waals surface area contributed by atoms with Crippen molar-refractivity contribution in [2.24, 2.45) is 11.8 Å². The number of amides is 2. The van der Waals surface area contributed by atoms with Gasteiger partial charge in [-0.25, -0.2) is 0 Å². The van der Waals surface area contributed by atoms with Crippen molar-refractivity contribution in [3.05, 3.63) is 42.7 Å². The van der Waals surface area contributed by atoms with Gasteiger partial charge in [0, 0.05) is 37.7 Å². The molecule has 1 aromatic carbocycles. The maximum atomic E-state index is 12.5. The van der Waals surface area contributed by atoms with Crippen molar-refractivity contribution in [1.29, 1.82) is 0 Å². The summed E-state index contributed by atoms with van der Waals surface area (Å²) in [5, 5.41) is 10.6. The number of nitrogens with zero attached hydrogens (tertiary/aromatic N) is 4. The molecule has 0 bridgehead atoms. The summed E-state index contributed by atoms with van der Waals surface area (Å²) in [6.07, 6.45) is 4.20. The summed E-state index contributed by atoms with van der Waals surface area (Å²) < 4.78 is 6.01. The predicted molar refractivity (Wildman–Crippen MR) is 113 cm³/mol. The molecule has 0 saturated carbocycles. The monoisotopic (exact) mass is 409 g/mol. The Labute approximate surface area is 176 Å². The van der Waals surface area contributed by atoms with Gasteiger partial charge in [-0.05, 0) is 30.3 Å². The molecule has 1 atom stereocenters. The molecule has 0 unspecified atom stereocenters. The van der Waals surface area contributed by atoms with Gasteiger partial charge in [0.2, 0.25) is 11.8 Å². The van der Waals surface area contributed by atoms with E-state index in [1.54, 1.807) is 12.4 Å². The lowest BCUT2D eigenvalue weighted by molar-refractivity contribution is -0.133. The second-order valence-electron chi connectivity index (χ2n) is 8.18. The highest BCUT2D eigenvalue weighted by molar-refractivity contribution is 5.94. The zero-order valence-electron chi connectivity index (χ0n) is 17.3. The zero-order chi connectivity index (χ0) is 21.1. The molecule has 2 amide bonds. The molecule has 1 N–H and O–H groups in total. The number of carbonyl (C=O) groups excluding carboxylic acids is 2. The molecule has 3 heterocycles. The summed E-state index contributed by atoms with van der Waals surface area (Å²) in [5.41, 5.74) is 1.73. The van der Waals surface area contributed by atoms with Crippen LogP contribution in [0.15, 0.2) is 42.7 Å². The van der Waals surface area contributed by atoms with Crippen LogP contribution >= 0.6 is 0 Å². The Morgan fingerprint density at radius 1 is 1.10 bits per heavy atom. The van der Waals surface area contributed by atoms with E-state index in [2.05, 4.69) is 20.4 Å². The van der Waals surface area contributed by atoms with E-state index in [0.717, 1.165) is 30.1 Å². The van der Waals surface area contributed by atoms with Gasteiger partial charge >= 0.3 is 0 Å². The quantitative estimate of drug-likeness (QED) is 0.787. The molecular weight excluding hydrogens is 382 g/mol. The summed E-state index contributed by atoms with van der Waals surface area (Å²) in [7, 11) is 0. The van der Waals surface area contributed by atoms with Gasteiger partial charge in [0.25, 0.3) is 0 Å². The van der Waals surface area contributed by atoms with E-state index < -0.39 is 0 Å². The standard InChI is InChI=1S/C22H27N5O3/c1-15(2)22(29)26-10-8-20(14-26)30-19-5-3-17(4-6-19)25-21(28)16-12-27(13-16)18-7-9-23-24-11-18/h3-7,9,11,15-16,20H,8,10,12-14H2,1-2H3,(H,25,28)/t20-/m1/s1. The van der Waals surface area contributed by atoms with Gasteiger partial charge in [-0.1, -0.05) is 13.8 Å². The van der Waals surface area contributed by atoms with E-state index in [0.29, 0.717) is 19.6 Å². The SMILES string of the molecule is CC(C)C(=O)N1CC[C@@H](Oc2ccc(NC(=O)C3CN(c4ccnnc4)C3)cc2)C1. The number of hydrogen-bond acceptors (Lipinski definition) is 6. The molecule has 30 heavy (non-hydrogen) atoms. The third-order valence-electron chi connectivity index (χ3n) is 5.56. The molecular formula is C22H27N5O3. The van der Waals surface area contributed by atoms with Crippen LogP contribution in [0.25, 0.3) is 0 Å². The highest BCUT2D eigenvalue weighted by Gasteiger charge is 2.33. The first-order chi connectivity index (χ1) is 14.5. The lowest BCUT2D eigenvalue weighted by Gasteiger charge is -2.39. The number of hydrogen-bond donors (Lipinski definition) is 1. The van der Waals surface area contributed by atoms with E-state index >= 15 is 0 Å². The van der Waals surface area contributed by atoms with Crippen LogP contribution in [0.3, 0.4) is 0 Å². The summed E-state index contributed by atoms with van der Waals surface area (Å²) in [5.74, 6) is 0.902. The van der Waals surface area contributed by atoms with Crippen LogP contribution in [0.4, 0.5) is 11.4 Å². The third kappa shape index (κ3) is 4.53. The Morgan fingerprint density at radius 2 is 1.87 bits per heavy atom. The van der Waals surface area contributed by atoms with Crippen molar-refractivity contribution in [3.63, 3.8) is 0 Å². The fraction of sp³-hybridized carbons (Fsp3) is 0.455. The normalized spacial score (nSPS) is 19.0. The molecule has 8 heteroatoms. The van der Waals surface area contributed by atoms with Crippen molar-refractivity contribution >= 4 is 23.2 Å². The molecule has 0 radical (unpaired) electrons. The molecule has 1 aromatic heterocycles. The molecule has 0 spiro atoms. The van der Waals surface area contributed by atoms with Crippen molar-refractivity contribution in [2.75, 3.05) is 36.4 Å². The fourth-order valence-corrected chi connectivity index (χ4v) is 3.77. The van der Waals surface area contributed by atoms with Crippen molar-refractivity contribution in [3.8, 4) is 5.75 Å². The van der Waals surface area contributed by atoms with Crippen LogP contribution in [0.2, 0.25) is 0 Å². The van der Waals surface area contributed by atoms with Crippen LogP contribution in [0.1, 0.15) is 20.3 Å². The number of benzene rings is 1. The Hall–Kier alpha value is -3.16. The maximum absolute atomic E-state index is 12.5. The van der Waals surface area contributed by atoms with Crippen molar-refractivity contribution < 1.29 is 14.3 Å². The van der Waals surface area contributed by atoms with Crippen LogP contribution in [0, 0.1) is 11.8 Å². The highest BCUT2D eigenvalue weighted by atomic mass is 16.5. The first kappa shape index (κ1) is 20.1. The van der Waals surface area contributed by atoms with Gasteiger partial charge in [-0.2, -0.15) is 10.2 Å². The van der Waals surface area contributed by atoms with Crippen molar-refractivity contribution in [1.82, 2.24) is 15.1 Å². The number of nitrogens with one attached hydrogen (secondary N) is 1. The Kier molecular flexibility index (Phi) is 5.83. The number of rotatable bonds is 6. The molecule has 0 aliphatic carbocycles. The van der Waals surface area contributed by atoms with Crippen LogP contribution < -0.4 is 15.0 Å². The van der Waals surface area contributed by atoms with E-state index in [-0.39, 0.29) is 29.8 Å². The van der Waals surface area contributed by atoms with Crippen molar-refractivity contribution in [2.45, 2.75) is 26.4 Å². The summed E-state index contributed by atoms with van der Waals surface area (Å²) in [4.78, 5) is 28.5. The van der Waals surface area contributed by atoms with Crippen LogP contribution in [-0.2, 0) is 9.59 Å². The van der Waals surface area contributed by atoms with E-state index in [9.17, 15) is 9.59 Å². The minimum absolute atomic E-state index is 0.00996. The minimum Gasteiger partial charge on any atom is -0.489 e. The van der Waals surface area contributed by atoms with Crippen LogP contribution in [0.5, 0.6) is 5.75 Å². The Balaban J connectivity index is 1.23. The van der Waals surface area contributed by atoms with Crippen LogP contribution in [-0.4, -0.2) is 59.2 Å². The summed E-state index contributed by atoms with van der Waals surface area (Å²) in [6.45, 7) is 6.55. The van der Waals surface area contributed by atoms with Gasteiger partial charge < -0.3 is 19.9 Å². The van der Waals surface area contributed by atoms with Gasteiger partial charge in [-0.3, -0.25) is 9.59 Å². The minimum atomic E-state index is -0.0444. The smallest absolute Gasteiger partial charge is 0.231 e. The lowest BCUT2D eigenvalue weighted by atomic mass is 9.98. The average Bonchev–Trinajstić information content (AvgIpc) is 3.17. The number of likely N-dealkylation sites (tertiary alicyclic amines) is 1. The topological polar surface area (TPSA) is 87.7 Å². The molecule has 2 fully saturated rings. The first-order valence-corrected chi connectivity index (χ1v) is 10.4. The average molecular weight is 409 g/mol. The fourth-order valence-electron chi connectivity index (χ4n) is 3.77. The van der Waals surface area contributed by atoms with Gasteiger partial charge in [0.05, 0.1) is 30.5 Å². The molecule has 8 nitrogen and oxygen atoms in total. The zero-order valence-corrected chi connectivity index (χ0v) is 17.3. The second kappa shape index (κ2) is 8.69. The molecule has 2 aromatic rings. The lowest BCUT2D eigenvalue weighted by Crippen LogP contribution is -2.52. The van der Waals surface area contributed by atoms with E-state index in [1.165, 1.54) is 0 Å². The molecule has 2 saturated heterocycles. The predicted octanol–water partition coefficient (Wildman–Crippen LogP) is 2.19. The molecule has 158 valence electrons. The second-order valence-corrected chi connectivity index (χ2v) is 8.18. The van der Waals surface area contributed by atoms with Gasteiger partial charge in [0.15, 0.2) is 0 Å². The Bertz CT molecular complexity index is 881. The van der Waals surface area contributed by atoms with Gasteiger partial charge in [-0.15, -0.1) is 0 Å². The van der Waals surface area contributed by atoms with E-state index in [4.69, 9.17) is 4.74 Å². The summed E-state index contributed by atoms with van der Waals surface area (Å²) >= 11 is 0. The summed E-state index contributed by atoms with van der Waals surface area (Å²) in [6, 6.07) is 9.31. The highest BCUT2D eigenvalue weighted by Crippen LogP contribution is 2.25.